The summed E-state index contributed by atoms with van der Waals surface area (Å²) < 4.78 is 0. The molecule has 1 amide bonds. The highest BCUT2D eigenvalue weighted by molar-refractivity contribution is 7.99. The smallest absolute Gasteiger partial charge is 0.231 e. The van der Waals surface area contributed by atoms with Gasteiger partial charge in [-0.05, 0) is 42.8 Å². The first kappa shape index (κ1) is 17.1. The van der Waals surface area contributed by atoms with Crippen LogP contribution >= 0.6 is 11.8 Å². The van der Waals surface area contributed by atoms with E-state index < -0.39 is 0 Å². The van der Waals surface area contributed by atoms with Gasteiger partial charge >= 0.3 is 0 Å². The number of amides is 1. The number of imidazole rings is 1. The summed E-state index contributed by atoms with van der Waals surface area (Å²) in [5.41, 5.74) is 3.96. The van der Waals surface area contributed by atoms with Crippen LogP contribution in [-0.4, -0.2) is 15.9 Å². The van der Waals surface area contributed by atoms with Crippen molar-refractivity contribution in [1.82, 2.24) is 9.97 Å². The zero-order chi connectivity index (χ0) is 18.9. The number of benzene rings is 3. The minimum Gasteiger partial charge on any atom is -0.342 e. The van der Waals surface area contributed by atoms with Crippen molar-refractivity contribution >= 4 is 40.1 Å². The molecule has 0 saturated heterocycles. The summed E-state index contributed by atoms with van der Waals surface area (Å²) in [6.45, 7) is 0. The molecule has 0 aliphatic carbocycles. The lowest BCUT2D eigenvalue weighted by Gasteiger charge is -2.31. The van der Waals surface area contributed by atoms with Gasteiger partial charge in [0.05, 0.1) is 22.4 Å². The molecule has 0 unspecified atom stereocenters. The summed E-state index contributed by atoms with van der Waals surface area (Å²) in [6.07, 6.45) is 1.99. The van der Waals surface area contributed by atoms with Crippen LogP contribution in [0.2, 0.25) is 0 Å². The number of aromatic nitrogens is 2. The molecule has 4 aromatic rings. The number of H-pyrrole nitrogens is 1. The minimum atomic E-state index is 0.122. The van der Waals surface area contributed by atoms with E-state index in [1.54, 1.807) is 11.8 Å². The summed E-state index contributed by atoms with van der Waals surface area (Å²) >= 11 is 1.72. The fourth-order valence-electron chi connectivity index (χ4n) is 3.62. The predicted molar refractivity (Wildman–Crippen MR) is 113 cm³/mol. The molecule has 0 bridgehead atoms. The van der Waals surface area contributed by atoms with Gasteiger partial charge in [-0.25, -0.2) is 4.98 Å². The number of carbonyl (C=O) groups excluding carboxylic acids is 1. The summed E-state index contributed by atoms with van der Waals surface area (Å²) in [6, 6.07) is 24.2. The standard InChI is InChI=1S/C23H19N3OS/c27-23(15-7-14-22-24-16-8-1-2-9-17(16)25-22)26-18-10-3-5-12-20(18)28-21-13-6-4-11-19(21)26/h1-6,8-13H,7,14-15H2,(H,24,25). The Morgan fingerprint density at radius 3 is 2.25 bits per heavy atom. The Kier molecular flexibility index (Phi) is 4.37. The average Bonchev–Trinajstić information content (AvgIpc) is 3.14. The van der Waals surface area contributed by atoms with Crippen molar-refractivity contribution in [2.45, 2.75) is 29.1 Å². The third-order valence-electron chi connectivity index (χ3n) is 4.92. The SMILES string of the molecule is O=C(CCCc1nc2ccccc2[nH]1)N1c2ccccc2Sc2ccccc21. The Morgan fingerprint density at radius 2 is 1.54 bits per heavy atom. The number of rotatable bonds is 4. The lowest BCUT2D eigenvalue weighted by Crippen LogP contribution is -2.28. The molecule has 138 valence electrons. The van der Waals surface area contributed by atoms with E-state index in [0.717, 1.165) is 50.9 Å². The van der Waals surface area contributed by atoms with Crippen molar-refractivity contribution in [3.05, 3.63) is 78.6 Å². The highest BCUT2D eigenvalue weighted by Crippen LogP contribution is 2.48. The van der Waals surface area contributed by atoms with Crippen LogP contribution in [0.25, 0.3) is 11.0 Å². The molecule has 0 atom stereocenters. The molecule has 1 N–H and O–H groups in total. The number of nitrogens with one attached hydrogen (secondary N) is 1. The van der Waals surface area contributed by atoms with Crippen LogP contribution in [0, 0.1) is 0 Å². The van der Waals surface area contributed by atoms with Crippen LogP contribution in [0.5, 0.6) is 0 Å². The molecule has 4 nitrogen and oxygen atoms in total. The van der Waals surface area contributed by atoms with Gasteiger partial charge < -0.3 is 4.98 Å². The molecular weight excluding hydrogens is 366 g/mol. The van der Waals surface area contributed by atoms with Crippen molar-refractivity contribution in [3.63, 3.8) is 0 Å². The summed E-state index contributed by atoms with van der Waals surface area (Å²) in [7, 11) is 0. The third-order valence-corrected chi connectivity index (χ3v) is 6.05. The highest BCUT2D eigenvalue weighted by Gasteiger charge is 2.27. The van der Waals surface area contributed by atoms with E-state index in [-0.39, 0.29) is 5.91 Å². The maximum atomic E-state index is 13.2. The van der Waals surface area contributed by atoms with Crippen LogP contribution < -0.4 is 4.90 Å². The molecule has 1 aliphatic rings. The van der Waals surface area contributed by atoms with Gasteiger partial charge in [0.25, 0.3) is 0 Å². The number of carbonyl (C=O) groups is 1. The van der Waals surface area contributed by atoms with Crippen molar-refractivity contribution in [2.24, 2.45) is 0 Å². The van der Waals surface area contributed by atoms with E-state index in [1.807, 2.05) is 65.6 Å². The Morgan fingerprint density at radius 1 is 0.893 bits per heavy atom. The van der Waals surface area contributed by atoms with Crippen molar-refractivity contribution < 1.29 is 4.79 Å². The van der Waals surface area contributed by atoms with Gasteiger partial charge in [0.15, 0.2) is 0 Å². The van der Waals surface area contributed by atoms with Gasteiger partial charge in [0.2, 0.25) is 5.91 Å². The number of aromatic amines is 1. The number of hydrogen-bond acceptors (Lipinski definition) is 3. The van der Waals surface area contributed by atoms with E-state index in [0.29, 0.717) is 6.42 Å². The fraction of sp³-hybridized carbons (Fsp3) is 0.130. The van der Waals surface area contributed by atoms with E-state index in [9.17, 15) is 4.79 Å². The molecule has 1 aliphatic heterocycles. The highest BCUT2D eigenvalue weighted by atomic mass is 32.2. The largest absolute Gasteiger partial charge is 0.342 e. The van der Waals surface area contributed by atoms with Gasteiger partial charge in [-0.1, -0.05) is 48.2 Å². The molecule has 0 radical (unpaired) electrons. The first-order chi connectivity index (χ1) is 13.8. The first-order valence-corrected chi connectivity index (χ1v) is 10.2. The Balaban J connectivity index is 1.35. The van der Waals surface area contributed by atoms with Gasteiger partial charge in [-0.3, -0.25) is 9.69 Å². The third kappa shape index (κ3) is 3.08. The molecule has 28 heavy (non-hydrogen) atoms. The quantitative estimate of drug-likeness (QED) is 0.489. The second-order valence-corrected chi connectivity index (χ2v) is 7.90. The molecular formula is C23H19N3OS. The summed E-state index contributed by atoms with van der Waals surface area (Å²) in [5, 5.41) is 0. The second-order valence-electron chi connectivity index (χ2n) is 6.82. The number of aryl methyl sites for hydroxylation is 1. The van der Waals surface area contributed by atoms with E-state index in [4.69, 9.17) is 0 Å². The zero-order valence-corrected chi connectivity index (χ0v) is 16.1. The average molecular weight is 385 g/mol. The fourth-order valence-corrected chi connectivity index (χ4v) is 4.67. The monoisotopic (exact) mass is 385 g/mol. The molecule has 2 heterocycles. The van der Waals surface area contributed by atoms with Crippen molar-refractivity contribution in [3.8, 4) is 0 Å². The molecule has 0 saturated carbocycles. The lowest BCUT2D eigenvalue weighted by molar-refractivity contribution is -0.118. The van der Waals surface area contributed by atoms with Crippen LogP contribution in [-0.2, 0) is 11.2 Å². The molecule has 1 aromatic heterocycles. The molecule has 5 rings (SSSR count). The van der Waals surface area contributed by atoms with Gasteiger partial charge in [-0.15, -0.1) is 0 Å². The molecule has 5 heteroatoms. The molecule has 3 aromatic carbocycles. The number of para-hydroxylation sites is 4. The summed E-state index contributed by atoms with van der Waals surface area (Å²) in [4.78, 5) is 25.2. The lowest BCUT2D eigenvalue weighted by atomic mass is 10.1. The van der Waals surface area contributed by atoms with Gasteiger partial charge in [0.1, 0.15) is 5.82 Å². The normalized spacial score (nSPS) is 12.6. The number of nitrogens with zero attached hydrogens (tertiary/aromatic N) is 2. The second kappa shape index (κ2) is 7.17. The minimum absolute atomic E-state index is 0.122. The zero-order valence-electron chi connectivity index (χ0n) is 15.3. The Hall–Kier alpha value is -3.05. The number of fused-ring (bicyclic) bond motifs is 3. The molecule has 0 fully saturated rings. The number of anilines is 2. The Bertz CT molecular complexity index is 1090. The Labute approximate surface area is 167 Å². The van der Waals surface area contributed by atoms with Crippen molar-refractivity contribution in [2.75, 3.05) is 4.90 Å². The van der Waals surface area contributed by atoms with E-state index >= 15 is 0 Å². The predicted octanol–water partition coefficient (Wildman–Crippen LogP) is 5.72. The maximum Gasteiger partial charge on any atom is 0.231 e. The van der Waals surface area contributed by atoms with Gasteiger partial charge in [0, 0.05) is 22.6 Å². The van der Waals surface area contributed by atoms with E-state index in [1.165, 1.54) is 0 Å². The topological polar surface area (TPSA) is 49.0 Å². The first-order valence-electron chi connectivity index (χ1n) is 9.42. The molecule has 0 spiro atoms. The number of hydrogen-bond donors (Lipinski definition) is 1. The van der Waals surface area contributed by atoms with Crippen LogP contribution in [0.15, 0.2) is 82.6 Å². The van der Waals surface area contributed by atoms with Crippen LogP contribution in [0.1, 0.15) is 18.7 Å². The van der Waals surface area contributed by atoms with Crippen LogP contribution in [0.4, 0.5) is 11.4 Å². The summed E-state index contributed by atoms with van der Waals surface area (Å²) in [5.74, 6) is 1.06. The maximum absolute atomic E-state index is 13.2. The van der Waals surface area contributed by atoms with Gasteiger partial charge in [-0.2, -0.15) is 0 Å². The van der Waals surface area contributed by atoms with Crippen LogP contribution in [0.3, 0.4) is 0 Å². The van der Waals surface area contributed by atoms with Crippen molar-refractivity contribution in [1.29, 1.82) is 0 Å². The van der Waals surface area contributed by atoms with E-state index in [2.05, 4.69) is 22.1 Å².